The highest BCUT2D eigenvalue weighted by molar-refractivity contribution is 5.52. The lowest BCUT2D eigenvalue weighted by atomic mass is 10.0. The van der Waals surface area contributed by atoms with Crippen molar-refractivity contribution in [3.8, 4) is 0 Å². The average molecular weight is 295 g/mol. The molecule has 118 valence electrons. The third kappa shape index (κ3) is 3.92. The lowest BCUT2D eigenvalue weighted by Crippen LogP contribution is -2.45. The third-order valence-corrected chi connectivity index (χ3v) is 3.87. The van der Waals surface area contributed by atoms with Gasteiger partial charge in [-0.25, -0.2) is 4.39 Å². The number of piperidine rings is 1. The third-order valence-electron chi connectivity index (χ3n) is 3.87. The highest BCUT2D eigenvalue weighted by atomic mass is 19.1. The summed E-state index contributed by atoms with van der Waals surface area (Å²) in [5.41, 5.74) is 3.08. The zero-order valence-corrected chi connectivity index (χ0v) is 13.4. The number of pyridine rings is 1. The van der Waals surface area contributed by atoms with Crippen molar-refractivity contribution in [2.75, 3.05) is 32.1 Å². The monoisotopic (exact) mass is 295 g/mol. The number of aliphatic hydroxyl groups excluding tert-OH is 1. The van der Waals surface area contributed by atoms with E-state index < -0.39 is 12.3 Å². The molecule has 2 atom stereocenters. The van der Waals surface area contributed by atoms with Gasteiger partial charge in [0.05, 0.1) is 11.4 Å². The number of halogens is 1. The van der Waals surface area contributed by atoms with Crippen LogP contribution in [0.2, 0.25) is 0 Å². The molecule has 2 heterocycles. The molecule has 0 aromatic carbocycles. The van der Waals surface area contributed by atoms with Crippen LogP contribution in [0.1, 0.15) is 37.6 Å². The maximum absolute atomic E-state index is 13.4. The first-order chi connectivity index (χ1) is 9.88. The van der Waals surface area contributed by atoms with Crippen molar-refractivity contribution in [2.24, 2.45) is 0 Å². The Balaban J connectivity index is 2.29. The summed E-state index contributed by atoms with van der Waals surface area (Å²) in [5, 5.41) is 9.78. The lowest BCUT2D eigenvalue weighted by Gasteiger charge is -2.35. The molecule has 21 heavy (non-hydrogen) atoms. The van der Waals surface area contributed by atoms with Gasteiger partial charge in [0.15, 0.2) is 0 Å². The molecule has 0 unspecified atom stereocenters. The summed E-state index contributed by atoms with van der Waals surface area (Å²) in [6.45, 7) is 5.95. The first kappa shape index (κ1) is 16.2. The normalized spacial score (nSPS) is 23.1. The second-order valence-electron chi connectivity index (χ2n) is 6.41. The fourth-order valence-electron chi connectivity index (χ4n) is 2.66. The standard InChI is InChI=1S/C16H26FN3O/c1-11(2)13-5-6-15(14(18-13)9-19(3)4)20-8-7-12(17)16(21)10-20/h5-6,11-12,16,21H,7-10H2,1-4H3/t12-,16+/m1/s1. The molecule has 0 spiro atoms. The molecule has 0 saturated carbocycles. The van der Waals surface area contributed by atoms with Crippen molar-refractivity contribution in [1.82, 2.24) is 9.88 Å². The molecule has 1 aliphatic rings. The maximum atomic E-state index is 13.4. The van der Waals surface area contributed by atoms with Crippen LogP contribution in [0.5, 0.6) is 0 Å². The molecule has 1 saturated heterocycles. The van der Waals surface area contributed by atoms with Crippen LogP contribution in [0.15, 0.2) is 12.1 Å². The number of aromatic nitrogens is 1. The number of nitrogens with zero attached hydrogens (tertiary/aromatic N) is 3. The van der Waals surface area contributed by atoms with E-state index >= 15 is 0 Å². The first-order valence-corrected chi connectivity index (χ1v) is 7.60. The van der Waals surface area contributed by atoms with E-state index in [2.05, 4.69) is 29.7 Å². The van der Waals surface area contributed by atoms with Crippen LogP contribution in [0.3, 0.4) is 0 Å². The van der Waals surface area contributed by atoms with Crippen molar-refractivity contribution in [1.29, 1.82) is 0 Å². The number of β-amino-alcohol motifs (C(OH)–C–C–N with tert-alkyl or cyclic N) is 1. The Morgan fingerprint density at radius 3 is 2.71 bits per heavy atom. The van der Waals surface area contributed by atoms with Gasteiger partial charge in [0, 0.05) is 25.3 Å². The molecule has 1 aromatic heterocycles. The molecule has 0 amide bonds. The van der Waals surface area contributed by atoms with E-state index in [4.69, 9.17) is 4.98 Å². The van der Waals surface area contributed by atoms with Crippen LogP contribution in [-0.4, -0.2) is 54.5 Å². The van der Waals surface area contributed by atoms with Gasteiger partial charge < -0.3 is 14.9 Å². The molecule has 5 heteroatoms. The molecular weight excluding hydrogens is 269 g/mol. The summed E-state index contributed by atoms with van der Waals surface area (Å²) < 4.78 is 13.4. The predicted molar refractivity (Wildman–Crippen MR) is 83.4 cm³/mol. The molecule has 0 radical (unpaired) electrons. The van der Waals surface area contributed by atoms with Gasteiger partial charge in [-0.05, 0) is 38.6 Å². The zero-order chi connectivity index (χ0) is 15.6. The van der Waals surface area contributed by atoms with Crippen LogP contribution in [-0.2, 0) is 6.54 Å². The van der Waals surface area contributed by atoms with Crippen molar-refractivity contribution >= 4 is 5.69 Å². The minimum atomic E-state index is -1.11. The summed E-state index contributed by atoms with van der Waals surface area (Å²) in [4.78, 5) is 8.90. The Bertz CT molecular complexity index is 479. The number of rotatable bonds is 4. The highest BCUT2D eigenvalue weighted by Gasteiger charge is 2.28. The van der Waals surface area contributed by atoms with Crippen LogP contribution in [0.25, 0.3) is 0 Å². The zero-order valence-electron chi connectivity index (χ0n) is 13.4. The van der Waals surface area contributed by atoms with E-state index in [1.54, 1.807) is 0 Å². The van der Waals surface area contributed by atoms with E-state index in [-0.39, 0.29) is 0 Å². The van der Waals surface area contributed by atoms with Gasteiger partial charge in [-0.15, -0.1) is 0 Å². The van der Waals surface area contributed by atoms with Crippen LogP contribution in [0.4, 0.5) is 10.1 Å². The highest BCUT2D eigenvalue weighted by Crippen LogP contribution is 2.27. The smallest absolute Gasteiger partial charge is 0.129 e. The van der Waals surface area contributed by atoms with Crippen molar-refractivity contribution < 1.29 is 9.50 Å². The van der Waals surface area contributed by atoms with E-state index in [1.807, 2.05) is 20.2 Å². The minimum Gasteiger partial charge on any atom is -0.388 e. The molecular formula is C16H26FN3O. The Morgan fingerprint density at radius 2 is 2.14 bits per heavy atom. The Morgan fingerprint density at radius 1 is 1.43 bits per heavy atom. The van der Waals surface area contributed by atoms with Gasteiger partial charge in [-0.3, -0.25) is 4.98 Å². The Kier molecular flexibility index (Phi) is 5.17. The first-order valence-electron chi connectivity index (χ1n) is 7.60. The van der Waals surface area contributed by atoms with Gasteiger partial charge in [0.1, 0.15) is 12.3 Å². The summed E-state index contributed by atoms with van der Waals surface area (Å²) in [7, 11) is 4.02. The number of hydrogen-bond donors (Lipinski definition) is 1. The van der Waals surface area contributed by atoms with Gasteiger partial charge in [-0.1, -0.05) is 13.8 Å². The molecule has 2 rings (SSSR count). The summed E-state index contributed by atoms with van der Waals surface area (Å²) >= 11 is 0. The number of aliphatic hydroxyl groups is 1. The number of hydrogen-bond acceptors (Lipinski definition) is 4. The van der Waals surface area contributed by atoms with Gasteiger partial charge in [0.2, 0.25) is 0 Å². The van der Waals surface area contributed by atoms with E-state index in [1.165, 1.54) is 0 Å². The molecule has 1 aromatic rings. The molecule has 0 aliphatic carbocycles. The number of anilines is 1. The number of alkyl halides is 1. The minimum absolute atomic E-state index is 0.338. The predicted octanol–water partition coefficient (Wildman–Crippen LogP) is 2.18. The molecule has 1 fully saturated rings. The topological polar surface area (TPSA) is 39.6 Å². The second kappa shape index (κ2) is 6.71. The summed E-state index contributed by atoms with van der Waals surface area (Å²) in [5.74, 6) is 0.377. The molecule has 1 aliphatic heterocycles. The van der Waals surface area contributed by atoms with Gasteiger partial charge in [-0.2, -0.15) is 0 Å². The van der Waals surface area contributed by atoms with Gasteiger partial charge in [0.25, 0.3) is 0 Å². The van der Waals surface area contributed by atoms with Crippen molar-refractivity contribution in [2.45, 2.75) is 45.0 Å². The summed E-state index contributed by atoms with van der Waals surface area (Å²) in [6, 6.07) is 4.10. The summed E-state index contributed by atoms with van der Waals surface area (Å²) in [6.07, 6.45) is -1.65. The molecule has 4 nitrogen and oxygen atoms in total. The Labute approximate surface area is 126 Å². The molecule has 1 N–H and O–H groups in total. The van der Waals surface area contributed by atoms with Gasteiger partial charge >= 0.3 is 0 Å². The quantitative estimate of drug-likeness (QED) is 0.924. The van der Waals surface area contributed by atoms with Crippen molar-refractivity contribution in [3.63, 3.8) is 0 Å². The SMILES string of the molecule is CC(C)c1ccc(N2CC[C@@H](F)[C@@H](O)C2)c(CN(C)C)n1. The van der Waals surface area contributed by atoms with Crippen LogP contribution in [0, 0.1) is 0 Å². The fraction of sp³-hybridized carbons (Fsp3) is 0.688. The maximum Gasteiger partial charge on any atom is 0.129 e. The van der Waals surface area contributed by atoms with E-state index in [0.717, 1.165) is 23.6 Å². The van der Waals surface area contributed by atoms with E-state index in [0.29, 0.717) is 25.4 Å². The second-order valence-corrected chi connectivity index (χ2v) is 6.41. The largest absolute Gasteiger partial charge is 0.388 e. The van der Waals surface area contributed by atoms with Crippen LogP contribution >= 0.6 is 0 Å². The fourth-order valence-corrected chi connectivity index (χ4v) is 2.66. The van der Waals surface area contributed by atoms with Crippen molar-refractivity contribution in [3.05, 3.63) is 23.5 Å². The lowest BCUT2D eigenvalue weighted by molar-refractivity contribution is 0.0644. The molecule has 0 bridgehead atoms. The Hall–Kier alpha value is -1.20. The average Bonchev–Trinajstić information content (AvgIpc) is 2.41. The van der Waals surface area contributed by atoms with Crippen LogP contribution < -0.4 is 4.90 Å². The van der Waals surface area contributed by atoms with E-state index in [9.17, 15) is 9.50 Å².